The molecular formula is C13H20BrN3. The Morgan fingerprint density at radius 2 is 2.06 bits per heavy atom. The topological polar surface area (TPSA) is 37.8 Å². The molecule has 1 N–H and O–H groups in total. The first kappa shape index (κ1) is 12.8. The molecule has 0 amide bonds. The summed E-state index contributed by atoms with van der Waals surface area (Å²) < 4.78 is 0.851. The molecule has 1 aliphatic carbocycles. The maximum absolute atomic E-state index is 4.43. The minimum atomic E-state index is 0.549. The third-order valence-electron chi connectivity index (χ3n) is 3.57. The monoisotopic (exact) mass is 297 g/mol. The van der Waals surface area contributed by atoms with Crippen molar-refractivity contribution in [1.29, 1.82) is 0 Å². The molecule has 1 fully saturated rings. The van der Waals surface area contributed by atoms with Crippen LogP contribution in [-0.2, 0) is 0 Å². The van der Waals surface area contributed by atoms with E-state index in [9.17, 15) is 0 Å². The largest absolute Gasteiger partial charge is 0.367 e. The highest BCUT2D eigenvalue weighted by molar-refractivity contribution is 9.10. The van der Waals surface area contributed by atoms with Gasteiger partial charge in [0.2, 0.25) is 0 Å². The van der Waals surface area contributed by atoms with Crippen molar-refractivity contribution in [3.05, 3.63) is 16.5 Å². The number of nitrogens with zero attached hydrogens (tertiary/aromatic N) is 2. The Labute approximate surface area is 112 Å². The summed E-state index contributed by atoms with van der Waals surface area (Å²) >= 11 is 3.41. The lowest BCUT2D eigenvalue weighted by molar-refractivity contribution is 0.276. The second-order valence-electron chi connectivity index (χ2n) is 5.27. The SMILES string of the molecule is Cc1nc(Br)cc(NC2CCC(C)CC2C)n1. The number of rotatable bonds is 2. The predicted molar refractivity (Wildman–Crippen MR) is 74.1 cm³/mol. The minimum absolute atomic E-state index is 0.549. The van der Waals surface area contributed by atoms with Crippen LogP contribution in [0.1, 0.15) is 38.9 Å². The van der Waals surface area contributed by atoms with Crippen molar-refractivity contribution in [1.82, 2.24) is 9.97 Å². The van der Waals surface area contributed by atoms with E-state index in [4.69, 9.17) is 0 Å². The molecule has 0 aliphatic heterocycles. The summed E-state index contributed by atoms with van der Waals surface area (Å²) in [5.74, 6) is 3.32. The summed E-state index contributed by atoms with van der Waals surface area (Å²) in [5, 5.41) is 3.55. The van der Waals surface area contributed by atoms with Crippen LogP contribution in [0.4, 0.5) is 5.82 Å². The van der Waals surface area contributed by atoms with Crippen molar-refractivity contribution in [2.75, 3.05) is 5.32 Å². The van der Waals surface area contributed by atoms with E-state index in [0.717, 1.165) is 22.2 Å². The van der Waals surface area contributed by atoms with E-state index >= 15 is 0 Å². The molecule has 0 spiro atoms. The maximum Gasteiger partial charge on any atom is 0.131 e. The molecule has 3 atom stereocenters. The van der Waals surface area contributed by atoms with Crippen LogP contribution >= 0.6 is 15.9 Å². The molecule has 94 valence electrons. The van der Waals surface area contributed by atoms with Gasteiger partial charge in [-0.15, -0.1) is 0 Å². The normalized spacial score (nSPS) is 29.1. The Morgan fingerprint density at radius 1 is 1.29 bits per heavy atom. The number of nitrogens with one attached hydrogen (secondary N) is 1. The van der Waals surface area contributed by atoms with Gasteiger partial charge in [0.15, 0.2) is 0 Å². The zero-order valence-electron chi connectivity index (χ0n) is 10.7. The lowest BCUT2D eigenvalue weighted by Gasteiger charge is -2.33. The zero-order valence-corrected chi connectivity index (χ0v) is 12.3. The van der Waals surface area contributed by atoms with Gasteiger partial charge in [0, 0.05) is 12.1 Å². The molecule has 1 aromatic heterocycles. The molecule has 3 nitrogen and oxygen atoms in total. The number of anilines is 1. The lowest BCUT2D eigenvalue weighted by atomic mass is 9.80. The van der Waals surface area contributed by atoms with E-state index in [1.807, 2.05) is 13.0 Å². The van der Waals surface area contributed by atoms with Crippen LogP contribution in [0.5, 0.6) is 0 Å². The first-order valence-electron chi connectivity index (χ1n) is 6.32. The van der Waals surface area contributed by atoms with Crippen LogP contribution < -0.4 is 5.32 Å². The van der Waals surface area contributed by atoms with Crippen LogP contribution in [-0.4, -0.2) is 16.0 Å². The van der Waals surface area contributed by atoms with Gasteiger partial charge < -0.3 is 5.32 Å². The molecular weight excluding hydrogens is 278 g/mol. The van der Waals surface area contributed by atoms with E-state index < -0.39 is 0 Å². The fourth-order valence-corrected chi connectivity index (χ4v) is 3.15. The highest BCUT2D eigenvalue weighted by Crippen LogP contribution is 2.30. The van der Waals surface area contributed by atoms with Gasteiger partial charge in [-0.05, 0) is 54.0 Å². The average Bonchev–Trinajstić information content (AvgIpc) is 2.21. The average molecular weight is 298 g/mol. The Balaban J connectivity index is 2.05. The van der Waals surface area contributed by atoms with Crippen molar-refractivity contribution >= 4 is 21.7 Å². The summed E-state index contributed by atoms with van der Waals surface area (Å²) in [6.07, 6.45) is 3.86. The molecule has 0 radical (unpaired) electrons. The molecule has 0 aromatic carbocycles. The third kappa shape index (κ3) is 3.41. The van der Waals surface area contributed by atoms with Gasteiger partial charge in [-0.3, -0.25) is 0 Å². The Kier molecular flexibility index (Phi) is 4.02. The second-order valence-corrected chi connectivity index (χ2v) is 6.08. The van der Waals surface area contributed by atoms with E-state index in [1.165, 1.54) is 19.3 Å². The predicted octanol–water partition coefficient (Wildman–Crippen LogP) is 3.78. The highest BCUT2D eigenvalue weighted by atomic mass is 79.9. The number of hydrogen-bond donors (Lipinski definition) is 1. The van der Waals surface area contributed by atoms with Crippen LogP contribution in [0, 0.1) is 18.8 Å². The summed E-state index contributed by atoms with van der Waals surface area (Å²) in [5.41, 5.74) is 0. The summed E-state index contributed by atoms with van der Waals surface area (Å²) in [7, 11) is 0. The van der Waals surface area contributed by atoms with Gasteiger partial charge in [-0.1, -0.05) is 13.8 Å². The quantitative estimate of drug-likeness (QED) is 0.844. The minimum Gasteiger partial charge on any atom is -0.367 e. The van der Waals surface area contributed by atoms with Crippen LogP contribution in [0.3, 0.4) is 0 Å². The van der Waals surface area contributed by atoms with Gasteiger partial charge in [-0.25, -0.2) is 9.97 Å². The Morgan fingerprint density at radius 3 is 2.71 bits per heavy atom. The smallest absolute Gasteiger partial charge is 0.131 e. The van der Waals surface area contributed by atoms with Crippen LogP contribution in [0.15, 0.2) is 10.7 Å². The number of aryl methyl sites for hydroxylation is 1. The summed E-state index contributed by atoms with van der Waals surface area (Å²) in [6, 6.07) is 2.50. The van der Waals surface area contributed by atoms with Crippen molar-refractivity contribution in [2.24, 2.45) is 11.8 Å². The van der Waals surface area contributed by atoms with Gasteiger partial charge in [0.05, 0.1) is 0 Å². The molecule has 0 saturated heterocycles. The molecule has 1 aromatic rings. The summed E-state index contributed by atoms with van der Waals surface area (Å²) in [6.45, 7) is 6.59. The molecule has 4 heteroatoms. The Hall–Kier alpha value is -0.640. The molecule has 1 saturated carbocycles. The van der Waals surface area contributed by atoms with E-state index in [2.05, 4.69) is 45.1 Å². The molecule has 0 bridgehead atoms. The van der Waals surface area contributed by atoms with Gasteiger partial charge in [0.1, 0.15) is 16.2 Å². The van der Waals surface area contributed by atoms with Crippen molar-refractivity contribution < 1.29 is 0 Å². The van der Waals surface area contributed by atoms with E-state index in [-0.39, 0.29) is 0 Å². The fourth-order valence-electron chi connectivity index (χ4n) is 2.67. The fraction of sp³-hybridized carbons (Fsp3) is 0.692. The van der Waals surface area contributed by atoms with E-state index in [0.29, 0.717) is 12.0 Å². The maximum atomic E-state index is 4.43. The van der Waals surface area contributed by atoms with Crippen LogP contribution in [0.2, 0.25) is 0 Å². The molecule has 2 rings (SSSR count). The Bertz CT molecular complexity index is 374. The summed E-state index contributed by atoms with van der Waals surface area (Å²) in [4.78, 5) is 8.65. The lowest BCUT2D eigenvalue weighted by Crippen LogP contribution is -2.33. The van der Waals surface area contributed by atoms with E-state index in [1.54, 1.807) is 0 Å². The van der Waals surface area contributed by atoms with Crippen LogP contribution in [0.25, 0.3) is 0 Å². The highest BCUT2D eigenvalue weighted by Gasteiger charge is 2.25. The van der Waals surface area contributed by atoms with Gasteiger partial charge >= 0.3 is 0 Å². The standard InChI is InChI=1S/C13H20BrN3/c1-8-4-5-11(9(2)6-8)17-13-7-12(14)15-10(3)16-13/h7-9,11H,4-6H2,1-3H3,(H,15,16,17). The number of hydrogen-bond acceptors (Lipinski definition) is 3. The zero-order chi connectivity index (χ0) is 12.4. The second kappa shape index (κ2) is 5.34. The van der Waals surface area contributed by atoms with Crippen molar-refractivity contribution in [3.63, 3.8) is 0 Å². The number of halogens is 1. The molecule has 3 unspecified atom stereocenters. The van der Waals surface area contributed by atoms with Gasteiger partial charge in [0.25, 0.3) is 0 Å². The van der Waals surface area contributed by atoms with Crippen molar-refractivity contribution in [3.8, 4) is 0 Å². The van der Waals surface area contributed by atoms with Crippen molar-refractivity contribution in [2.45, 2.75) is 46.1 Å². The molecule has 17 heavy (non-hydrogen) atoms. The first-order valence-corrected chi connectivity index (χ1v) is 7.11. The number of aromatic nitrogens is 2. The first-order chi connectivity index (χ1) is 8.04. The molecule has 1 aliphatic rings. The third-order valence-corrected chi connectivity index (χ3v) is 3.98. The van der Waals surface area contributed by atoms with Gasteiger partial charge in [-0.2, -0.15) is 0 Å². The molecule has 1 heterocycles.